The molecule has 1 unspecified atom stereocenters. The fraction of sp³-hybridized carbons (Fsp3) is 0.405. The largest absolute Gasteiger partial charge is 0.497 e. The monoisotopic (exact) mass is 638 g/mol. The van der Waals surface area contributed by atoms with Crippen LogP contribution in [0.5, 0.6) is 17.2 Å². The lowest BCUT2D eigenvalue weighted by molar-refractivity contribution is 0.165. The standard InChI is InChI=1S/C37H46N6O4/c1-23(2)47-32-19-27(26-15-17-41(5)18-16-26)11-13-30(32)39-36-38-21-28-22-42(34-24(3)9-8-10-25(34)4)37(44)43(35(28)40-36)31-14-12-29(45-6)20-33(31)46-7/h8-14,19-21,23,26,37,44H,15-18,22H2,1-7H3,(H,38,39,40). The number of para-hydroxylation sites is 1. The molecule has 1 atom stereocenters. The van der Waals surface area contributed by atoms with Crippen LogP contribution in [0.25, 0.3) is 0 Å². The van der Waals surface area contributed by atoms with Crippen LogP contribution in [0.3, 0.4) is 0 Å². The quantitative estimate of drug-likeness (QED) is 0.202. The van der Waals surface area contributed by atoms with E-state index in [0.717, 1.165) is 59.7 Å². The minimum absolute atomic E-state index is 0.00296. The molecular formula is C37H46N6O4. The molecule has 3 aromatic carbocycles. The van der Waals surface area contributed by atoms with Crippen LogP contribution in [0.2, 0.25) is 0 Å². The van der Waals surface area contributed by atoms with Gasteiger partial charge in [0.1, 0.15) is 23.1 Å². The van der Waals surface area contributed by atoms with Crippen molar-refractivity contribution in [2.45, 2.75) is 65.5 Å². The first-order valence-corrected chi connectivity index (χ1v) is 16.3. The summed E-state index contributed by atoms with van der Waals surface area (Å²) < 4.78 is 17.6. The van der Waals surface area contributed by atoms with Crippen molar-refractivity contribution >= 4 is 28.8 Å². The van der Waals surface area contributed by atoms with Crippen LogP contribution in [-0.2, 0) is 6.54 Å². The summed E-state index contributed by atoms with van der Waals surface area (Å²) in [7, 11) is 5.41. The summed E-state index contributed by atoms with van der Waals surface area (Å²) in [5.74, 6) is 3.44. The Morgan fingerprint density at radius 3 is 2.36 bits per heavy atom. The average molecular weight is 639 g/mol. The van der Waals surface area contributed by atoms with E-state index in [1.807, 2.05) is 49.2 Å². The molecule has 0 spiro atoms. The van der Waals surface area contributed by atoms with Crippen LogP contribution in [-0.4, -0.2) is 66.8 Å². The number of piperidine rings is 1. The molecule has 2 N–H and O–H groups in total. The average Bonchev–Trinajstić information content (AvgIpc) is 3.06. The number of likely N-dealkylation sites (tertiary alicyclic amines) is 1. The van der Waals surface area contributed by atoms with E-state index < -0.39 is 6.35 Å². The maximum atomic E-state index is 12.1. The number of benzene rings is 3. The van der Waals surface area contributed by atoms with Crippen LogP contribution in [0.4, 0.5) is 28.8 Å². The molecule has 1 saturated heterocycles. The van der Waals surface area contributed by atoms with Gasteiger partial charge in [0.05, 0.1) is 38.2 Å². The molecule has 4 aromatic rings. The van der Waals surface area contributed by atoms with Crippen LogP contribution in [0.15, 0.2) is 60.8 Å². The van der Waals surface area contributed by atoms with Gasteiger partial charge in [-0.15, -0.1) is 0 Å². The van der Waals surface area contributed by atoms with Crippen molar-refractivity contribution in [1.29, 1.82) is 0 Å². The molecule has 10 nitrogen and oxygen atoms in total. The summed E-state index contributed by atoms with van der Waals surface area (Å²) in [5, 5.41) is 15.6. The highest BCUT2D eigenvalue weighted by Gasteiger charge is 2.37. The Balaban J connectivity index is 1.40. The summed E-state index contributed by atoms with van der Waals surface area (Å²) in [6, 6.07) is 18.1. The lowest BCUT2D eigenvalue weighted by atomic mass is 9.89. The Bertz CT molecular complexity index is 1700. The molecule has 0 aliphatic carbocycles. The number of nitrogens with one attached hydrogen (secondary N) is 1. The molecule has 6 rings (SSSR count). The highest BCUT2D eigenvalue weighted by molar-refractivity contribution is 5.76. The second-order valence-electron chi connectivity index (χ2n) is 12.8. The number of methoxy groups -OCH3 is 2. The van der Waals surface area contributed by atoms with Gasteiger partial charge < -0.3 is 34.4 Å². The van der Waals surface area contributed by atoms with Gasteiger partial charge in [-0.3, -0.25) is 4.90 Å². The molecule has 2 aliphatic rings. The predicted octanol–water partition coefficient (Wildman–Crippen LogP) is 6.88. The first-order chi connectivity index (χ1) is 22.7. The number of ether oxygens (including phenoxy) is 3. The van der Waals surface area contributed by atoms with Crippen molar-refractivity contribution in [3.05, 3.63) is 83.0 Å². The molecule has 2 aliphatic heterocycles. The fourth-order valence-electron chi connectivity index (χ4n) is 6.68. The Hall–Kier alpha value is -4.54. The van der Waals surface area contributed by atoms with Crippen LogP contribution in [0.1, 0.15) is 54.9 Å². The third kappa shape index (κ3) is 6.66. The van der Waals surface area contributed by atoms with Crippen molar-refractivity contribution in [3.8, 4) is 17.2 Å². The SMILES string of the molecule is COc1ccc(N2c3nc(Nc4ccc(C5CCN(C)CC5)cc4OC(C)C)ncc3CN(c3c(C)cccc3C)C2O)c(OC)c1. The normalized spacial score (nSPS) is 17.1. The van der Waals surface area contributed by atoms with E-state index in [9.17, 15) is 5.11 Å². The maximum absolute atomic E-state index is 12.1. The van der Waals surface area contributed by atoms with E-state index in [4.69, 9.17) is 24.2 Å². The van der Waals surface area contributed by atoms with Gasteiger partial charge in [0.25, 0.3) is 0 Å². The molecule has 0 radical (unpaired) electrons. The third-order valence-corrected chi connectivity index (χ3v) is 9.10. The van der Waals surface area contributed by atoms with Gasteiger partial charge in [-0.25, -0.2) is 4.98 Å². The first kappa shape index (κ1) is 32.4. The molecule has 1 fully saturated rings. The molecule has 3 heterocycles. The molecule has 0 bridgehead atoms. The molecule has 248 valence electrons. The van der Waals surface area contributed by atoms with Gasteiger partial charge in [-0.1, -0.05) is 24.3 Å². The highest BCUT2D eigenvalue weighted by atomic mass is 16.5. The zero-order chi connectivity index (χ0) is 33.2. The van der Waals surface area contributed by atoms with E-state index in [0.29, 0.717) is 41.4 Å². The molecule has 10 heteroatoms. The van der Waals surface area contributed by atoms with Gasteiger partial charge in [0, 0.05) is 23.5 Å². The van der Waals surface area contributed by atoms with E-state index in [-0.39, 0.29) is 6.10 Å². The number of aliphatic hydroxyl groups excluding tert-OH is 1. The summed E-state index contributed by atoms with van der Waals surface area (Å²) in [6.07, 6.45) is 3.00. The smallest absolute Gasteiger partial charge is 0.229 e. The van der Waals surface area contributed by atoms with Crippen LogP contribution < -0.4 is 29.3 Å². The van der Waals surface area contributed by atoms with Crippen molar-refractivity contribution in [2.75, 3.05) is 49.5 Å². The van der Waals surface area contributed by atoms with Gasteiger partial charge in [-0.05, 0) is 108 Å². The minimum atomic E-state index is -1.08. The topological polar surface area (TPSA) is 95.5 Å². The molecule has 0 amide bonds. The zero-order valence-corrected chi connectivity index (χ0v) is 28.4. The van der Waals surface area contributed by atoms with Gasteiger partial charge in [0.2, 0.25) is 12.3 Å². The van der Waals surface area contributed by atoms with E-state index in [1.54, 1.807) is 19.1 Å². The van der Waals surface area contributed by atoms with E-state index in [1.165, 1.54) is 5.56 Å². The summed E-state index contributed by atoms with van der Waals surface area (Å²) >= 11 is 0. The lowest BCUT2D eigenvalue weighted by Gasteiger charge is -2.44. The molecule has 47 heavy (non-hydrogen) atoms. The maximum Gasteiger partial charge on any atom is 0.229 e. The number of hydrogen-bond acceptors (Lipinski definition) is 10. The Morgan fingerprint density at radius 2 is 1.68 bits per heavy atom. The zero-order valence-electron chi connectivity index (χ0n) is 28.4. The summed E-state index contributed by atoms with van der Waals surface area (Å²) in [5.41, 5.74) is 6.68. The highest BCUT2D eigenvalue weighted by Crippen LogP contribution is 2.44. The first-order valence-electron chi connectivity index (χ1n) is 16.3. The second-order valence-corrected chi connectivity index (χ2v) is 12.8. The number of aromatic nitrogens is 2. The predicted molar refractivity (Wildman–Crippen MR) is 187 cm³/mol. The second kappa shape index (κ2) is 13.7. The number of fused-ring (bicyclic) bond motifs is 1. The Labute approximate surface area is 277 Å². The number of hydrogen-bond donors (Lipinski definition) is 2. The van der Waals surface area contributed by atoms with Gasteiger partial charge >= 0.3 is 0 Å². The van der Waals surface area contributed by atoms with E-state index in [2.05, 4.69) is 61.4 Å². The van der Waals surface area contributed by atoms with Crippen molar-refractivity contribution < 1.29 is 19.3 Å². The lowest BCUT2D eigenvalue weighted by Crippen LogP contribution is -2.51. The van der Waals surface area contributed by atoms with Crippen molar-refractivity contribution in [3.63, 3.8) is 0 Å². The van der Waals surface area contributed by atoms with Gasteiger partial charge in [0.15, 0.2) is 0 Å². The number of anilines is 5. The summed E-state index contributed by atoms with van der Waals surface area (Å²) in [4.78, 5) is 15.9. The third-order valence-electron chi connectivity index (χ3n) is 9.10. The van der Waals surface area contributed by atoms with Crippen LogP contribution >= 0.6 is 0 Å². The van der Waals surface area contributed by atoms with Crippen molar-refractivity contribution in [2.24, 2.45) is 0 Å². The Morgan fingerprint density at radius 1 is 0.936 bits per heavy atom. The molecule has 1 aromatic heterocycles. The number of aliphatic hydroxyl groups is 1. The van der Waals surface area contributed by atoms with Crippen LogP contribution in [0, 0.1) is 13.8 Å². The van der Waals surface area contributed by atoms with Gasteiger partial charge in [-0.2, -0.15) is 4.98 Å². The van der Waals surface area contributed by atoms with E-state index >= 15 is 0 Å². The number of aryl methyl sites for hydroxylation is 2. The fourth-order valence-corrected chi connectivity index (χ4v) is 6.68. The number of nitrogens with zero attached hydrogens (tertiary/aromatic N) is 5. The Kier molecular flexibility index (Phi) is 9.42. The minimum Gasteiger partial charge on any atom is -0.497 e. The van der Waals surface area contributed by atoms with Crippen molar-refractivity contribution in [1.82, 2.24) is 14.9 Å². The summed E-state index contributed by atoms with van der Waals surface area (Å²) in [6.45, 7) is 10.8. The molecule has 0 saturated carbocycles. The molecular weight excluding hydrogens is 592 g/mol. The number of rotatable bonds is 9.